The predicted octanol–water partition coefficient (Wildman–Crippen LogP) is 6.35. The Labute approximate surface area is 214 Å². The lowest BCUT2D eigenvalue weighted by Crippen LogP contribution is -2.16. The molecule has 0 bridgehead atoms. The average Bonchev–Trinajstić information content (AvgIpc) is 3.42. The summed E-state index contributed by atoms with van der Waals surface area (Å²) < 4.78 is 21.8. The molecule has 0 fully saturated rings. The largest absolute Gasteiger partial charge is 0.486 e. The number of rotatable bonds is 10. The zero-order chi connectivity index (χ0) is 26.4. The number of carbonyl (C=O) groups is 3. The number of thiophene rings is 1. The summed E-state index contributed by atoms with van der Waals surface area (Å²) in [6.45, 7) is 11.3. The van der Waals surface area contributed by atoms with Crippen LogP contribution in [0.4, 0.5) is 5.00 Å². The first-order chi connectivity index (χ1) is 17.1. The lowest BCUT2D eigenvalue weighted by atomic mass is 10.0. The zero-order valence-electron chi connectivity index (χ0n) is 21.3. The monoisotopic (exact) mass is 513 g/mol. The molecule has 0 saturated heterocycles. The summed E-state index contributed by atoms with van der Waals surface area (Å²) in [5.74, 6) is -0.163. The molecule has 36 heavy (non-hydrogen) atoms. The number of anilines is 1. The van der Waals surface area contributed by atoms with Crippen LogP contribution in [0.25, 0.3) is 0 Å². The molecule has 0 spiro atoms. The predicted molar refractivity (Wildman–Crippen MR) is 137 cm³/mol. The van der Waals surface area contributed by atoms with E-state index in [-0.39, 0.29) is 40.5 Å². The highest BCUT2D eigenvalue weighted by Crippen LogP contribution is 2.35. The molecule has 0 atom stereocenters. The molecule has 0 aliphatic heterocycles. The Kier molecular flexibility index (Phi) is 8.93. The van der Waals surface area contributed by atoms with E-state index >= 15 is 0 Å². The van der Waals surface area contributed by atoms with Gasteiger partial charge in [0.1, 0.15) is 28.0 Å². The Morgan fingerprint density at radius 2 is 1.69 bits per heavy atom. The smallest absolute Gasteiger partial charge is 0.348 e. The van der Waals surface area contributed by atoms with Crippen LogP contribution in [-0.4, -0.2) is 30.6 Å². The molecule has 9 heteroatoms. The first-order valence-corrected chi connectivity index (χ1v) is 12.6. The Hall–Kier alpha value is -3.59. The molecule has 1 aromatic carbocycles. The van der Waals surface area contributed by atoms with Gasteiger partial charge in [-0.15, -0.1) is 11.3 Å². The summed E-state index contributed by atoms with van der Waals surface area (Å²) in [6.07, 6.45) is -0.374. The van der Waals surface area contributed by atoms with Gasteiger partial charge < -0.3 is 23.9 Å². The minimum absolute atomic E-state index is 0.0377. The Bertz CT molecular complexity index is 1220. The Morgan fingerprint density at radius 1 is 1.00 bits per heavy atom. The minimum atomic E-state index is -0.637. The normalized spacial score (nSPS) is 11.0. The van der Waals surface area contributed by atoms with Crippen LogP contribution in [0.2, 0.25) is 0 Å². The van der Waals surface area contributed by atoms with Gasteiger partial charge in [0.05, 0.1) is 18.3 Å². The van der Waals surface area contributed by atoms with E-state index < -0.39 is 17.8 Å². The number of hydrogen-bond donors (Lipinski definition) is 1. The van der Waals surface area contributed by atoms with E-state index in [4.69, 9.17) is 18.6 Å². The van der Waals surface area contributed by atoms with Crippen LogP contribution in [0.15, 0.2) is 40.8 Å². The summed E-state index contributed by atoms with van der Waals surface area (Å²) >= 11 is 0.956. The van der Waals surface area contributed by atoms with Gasteiger partial charge in [-0.2, -0.15) is 0 Å². The van der Waals surface area contributed by atoms with Crippen molar-refractivity contribution in [2.45, 2.75) is 60.2 Å². The summed E-state index contributed by atoms with van der Waals surface area (Å²) in [7, 11) is 0. The van der Waals surface area contributed by atoms with Gasteiger partial charge in [-0.25, -0.2) is 9.59 Å². The Morgan fingerprint density at radius 3 is 2.31 bits per heavy atom. The molecule has 8 nitrogen and oxygen atoms in total. The summed E-state index contributed by atoms with van der Waals surface area (Å²) in [5, 5.41) is 2.87. The van der Waals surface area contributed by atoms with E-state index in [0.29, 0.717) is 23.0 Å². The number of esters is 2. The van der Waals surface area contributed by atoms with Crippen molar-refractivity contribution in [3.63, 3.8) is 0 Å². The van der Waals surface area contributed by atoms with Crippen molar-refractivity contribution in [2.75, 3.05) is 11.9 Å². The van der Waals surface area contributed by atoms with E-state index in [1.54, 1.807) is 33.8 Å². The maximum absolute atomic E-state index is 12.9. The molecule has 2 heterocycles. The number of ether oxygens (including phenoxy) is 3. The molecule has 0 unspecified atom stereocenters. The number of carbonyl (C=O) groups excluding carboxylic acids is 3. The van der Waals surface area contributed by atoms with Crippen LogP contribution in [0, 0.1) is 6.92 Å². The van der Waals surface area contributed by atoms with Crippen molar-refractivity contribution in [3.05, 3.63) is 69.5 Å². The second kappa shape index (κ2) is 11.9. The van der Waals surface area contributed by atoms with Crippen LogP contribution < -0.4 is 10.1 Å². The maximum atomic E-state index is 12.9. The van der Waals surface area contributed by atoms with E-state index in [9.17, 15) is 14.4 Å². The molecule has 3 aromatic rings. The molecule has 3 rings (SSSR count). The van der Waals surface area contributed by atoms with Crippen molar-refractivity contribution in [1.29, 1.82) is 0 Å². The molecule has 1 N–H and O–H groups in total. The topological polar surface area (TPSA) is 104 Å². The number of amides is 1. The third-order valence-electron chi connectivity index (χ3n) is 5.19. The van der Waals surface area contributed by atoms with Gasteiger partial charge >= 0.3 is 11.9 Å². The van der Waals surface area contributed by atoms with Crippen molar-refractivity contribution < 1.29 is 33.0 Å². The van der Waals surface area contributed by atoms with Gasteiger partial charge in [0, 0.05) is 0 Å². The molecule has 0 aliphatic carbocycles. The van der Waals surface area contributed by atoms with E-state index in [1.165, 1.54) is 11.6 Å². The molecular weight excluding hydrogens is 482 g/mol. The minimum Gasteiger partial charge on any atom is -0.486 e. The fraction of sp³-hybridized carbons (Fsp3) is 0.370. The van der Waals surface area contributed by atoms with Crippen molar-refractivity contribution in [1.82, 2.24) is 0 Å². The standard InChI is InChI=1S/C27H31NO7S/c1-7-32-27(31)23-17(6)22(26(30)34-16(4)5)25(36-23)28-24(29)21-13-12-20(35-21)14-33-19-10-8-18(9-11-19)15(2)3/h8-13,15-16H,7,14H2,1-6H3,(H,28,29). The summed E-state index contributed by atoms with van der Waals surface area (Å²) in [4.78, 5) is 38.2. The van der Waals surface area contributed by atoms with Crippen LogP contribution in [0.1, 0.15) is 88.0 Å². The number of benzene rings is 1. The van der Waals surface area contributed by atoms with Crippen LogP contribution >= 0.6 is 11.3 Å². The first kappa shape index (κ1) is 27.0. The molecule has 0 aliphatic rings. The molecule has 192 valence electrons. The molecule has 0 saturated carbocycles. The highest BCUT2D eigenvalue weighted by atomic mass is 32.1. The lowest BCUT2D eigenvalue weighted by Gasteiger charge is -2.10. The van der Waals surface area contributed by atoms with E-state index in [2.05, 4.69) is 19.2 Å². The molecule has 2 aromatic heterocycles. The average molecular weight is 514 g/mol. The number of hydrogen-bond acceptors (Lipinski definition) is 8. The first-order valence-electron chi connectivity index (χ1n) is 11.7. The SMILES string of the molecule is CCOC(=O)c1sc(NC(=O)c2ccc(COc3ccc(C(C)C)cc3)o2)c(C(=O)OC(C)C)c1C. The highest BCUT2D eigenvalue weighted by Gasteiger charge is 2.28. The van der Waals surface area contributed by atoms with Gasteiger partial charge in [0.25, 0.3) is 5.91 Å². The fourth-order valence-electron chi connectivity index (χ4n) is 3.36. The number of nitrogens with one attached hydrogen (secondary N) is 1. The molecule has 1 amide bonds. The summed E-state index contributed by atoms with van der Waals surface area (Å²) in [6, 6.07) is 11.0. The quantitative estimate of drug-likeness (QED) is 0.315. The Balaban J connectivity index is 1.74. The van der Waals surface area contributed by atoms with Crippen molar-refractivity contribution in [2.24, 2.45) is 0 Å². The van der Waals surface area contributed by atoms with Gasteiger partial charge in [-0.3, -0.25) is 4.79 Å². The van der Waals surface area contributed by atoms with E-state index in [1.807, 2.05) is 24.3 Å². The summed E-state index contributed by atoms with van der Waals surface area (Å²) in [5.41, 5.74) is 1.72. The lowest BCUT2D eigenvalue weighted by molar-refractivity contribution is 0.0379. The highest BCUT2D eigenvalue weighted by molar-refractivity contribution is 7.18. The third-order valence-corrected chi connectivity index (χ3v) is 6.38. The van der Waals surface area contributed by atoms with Gasteiger partial charge in [0.2, 0.25) is 0 Å². The van der Waals surface area contributed by atoms with Gasteiger partial charge in [0.15, 0.2) is 5.76 Å². The van der Waals surface area contributed by atoms with Crippen LogP contribution in [-0.2, 0) is 16.1 Å². The molecule has 0 radical (unpaired) electrons. The second-order valence-corrected chi connectivity index (χ2v) is 9.69. The molecular formula is C27H31NO7S. The second-order valence-electron chi connectivity index (χ2n) is 8.67. The number of furan rings is 1. The van der Waals surface area contributed by atoms with Crippen LogP contribution in [0.5, 0.6) is 5.75 Å². The van der Waals surface area contributed by atoms with Crippen molar-refractivity contribution >= 4 is 34.2 Å². The third kappa shape index (κ3) is 6.54. The van der Waals surface area contributed by atoms with Crippen LogP contribution in [0.3, 0.4) is 0 Å². The van der Waals surface area contributed by atoms with Crippen molar-refractivity contribution in [3.8, 4) is 5.75 Å². The van der Waals surface area contributed by atoms with Gasteiger partial charge in [-0.05, 0) is 69.0 Å². The van der Waals surface area contributed by atoms with Gasteiger partial charge in [-0.1, -0.05) is 26.0 Å². The zero-order valence-corrected chi connectivity index (χ0v) is 22.1. The van der Waals surface area contributed by atoms with E-state index in [0.717, 1.165) is 11.3 Å². The maximum Gasteiger partial charge on any atom is 0.348 e. The fourth-order valence-corrected chi connectivity index (χ4v) is 4.44.